The zero-order valence-corrected chi connectivity index (χ0v) is 10.1. The number of carbonyl (C=O) groups excluding carboxylic acids is 1. The maximum Gasteiger partial charge on any atom is 0.185 e. The second-order valence-electron chi connectivity index (χ2n) is 4.10. The van der Waals surface area contributed by atoms with Gasteiger partial charge in [0, 0.05) is 5.56 Å². The van der Waals surface area contributed by atoms with Crippen molar-refractivity contribution in [3.63, 3.8) is 0 Å². The first kappa shape index (κ1) is 12.1. The summed E-state index contributed by atoms with van der Waals surface area (Å²) in [6, 6.07) is 14.1. The Morgan fingerprint density at radius 2 is 1.72 bits per heavy atom. The molecule has 0 fully saturated rings. The van der Waals surface area contributed by atoms with Crippen LogP contribution in [-0.4, -0.2) is 10.9 Å². The third-order valence-electron chi connectivity index (χ3n) is 2.75. The molecule has 2 rings (SSSR count). The third-order valence-corrected chi connectivity index (χ3v) is 2.75. The molecule has 0 aliphatic heterocycles. The van der Waals surface area contributed by atoms with Gasteiger partial charge in [0.15, 0.2) is 5.78 Å². The second-order valence-corrected chi connectivity index (χ2v) is 4.10. The van der Waals surface area contributed by atoms with Gasteiger partial charge in [-0.1, -0.05) is 30.3 Å². The molecule has 2 heteroatoms. The molecule has 90 valence electrons. The molecule has 0 bridgehead atoms. The van der Waals surface area contributed by atoms with Gasteiger partial charge in [-0.15, -0.1) is 0 Å². The van der Waals surface area contributed by atoms with Gasteiger partial charge < -0.3 is 5.11 Å². The summed E-state index contributed by atoms with van der Waals surface area (Å²) >= 11 is 0. The summed E-state index contributed by atoms with van der Waals surface area (Å²) < 4.78 is 0. The van der Waals surface area contributed by atoms with Gasteiger partial charge in [-0.05, 0) is 48.4 Å². The third kappa shape index (κ3) is 2.86. The number of ketones is 1. The van der Waals surface area contributed by atoms with Gasteiger partial charge in [-0.2, -0.15) is 0 Å². The monoisotopic (exact) mass is 238 g/mol. The first-order chi connectivity index (χ1) is 8.66. The van der Waals surface area contributed by atoms with Crippen molar-refractivity contribution in [2.75, 3.05) is 0 Å². The highest BCUT2D eigenvalue weighted by Gasteiger charge is 2.01. The van der Waals surface area contributed by atoms with E-state index in [9.17, 15) is 4.79 Å². The van der Waals surface area contributed by atoms with E-state index < -0.39 is 0 Å². The fourth-order valence-corrected chi connectivity index (χ4v) is 1.66. The van der Waals surface area contributed by atoms with Crippen LogP contribution in [0.5, 0.6) is 5.75 Å². The Labute approximate surface area is 106 Å². The Balaban J connectivity index is 2.17. The standard InChI is InChI=1S/C16H14O2/c1-12-4-2-3-5-13(12)8-11-16(18)14-6-9-15(17)10-7-14/h2-11,17H,1H3. The highest BCUT2D eigenvalue weighted by molar-refractivity contribution is 6.06. The molecular weight excluding hydrogens is 224 g/mol. The maximum absolute atomic E-state index is 11.9. The van der Waals surface area contributed by atoms with E-state index in [-0.39, 0.29) is 11.5 Å². The molecule has 0 aliphatic carbocycles. The summed E-state index contributed by atoms with van der Waals surface area (Å²) in [6.07, 6.45) is 3.36. The number of aryl methyl sites for hydroxylation is 1. The summed E-state index contributed by atoms with van der Waals surface area (Å²) in [5, 5.41) is 9.15. The van der Waals surface area contributed by atoms with Crippen LogP contribution in [0.25, 0.3) is 6.08 Å². The predicted octanol–water partition coefficient (Wildman–Crippen LogP) is 3.60. The zero-order chi connectivity index (χ0) is 13.0. The minimum Gasteiger partial charge on any atom is -0.508 e. The molecule has 0 heterocycles. The van der Waals surface area contributed by atoms with Crippen molar-refractivity contribution >= 4 is 11.9 Å². The first-order valence-electron chi connectivity index (χ1n) is 5.74. The molecule has 0 atom stereocenters. The number of hydrogen-bond acceptors (Lipinski definition) is 2. The van der Waals surface area contributed by atoms with Crippen molar-refractivity contribution < 1.29 is 9.90 Å². The highest BCUT2D eigenvalue weighted by atomic mass is 16.3. The lowest BCUT2D eigenvalue weighted by Crippen LogP contribution is -1.93. The molecule has 0 unspecified atom stereocenters. The number of phenols is 1. The number of benzene rings is 2. The van der Waals surface area contributed by atoms with E-state index in [1.807, 2.05) is 37.3 Å². The molecule has 0 aromatic heterocycles. The van der Waals surface area contributed by atoms with Crippen LogP contribution in [0.1, 0.15) is 21.5 Å². The smallest absolute Gasteiger partial charge is 0.185 e. The van der Waals surface area contributed by atoms with Crippen LogP contribution in [0.2, 0.25) is 0 Å². The lowest BCUT2D eigenvalue weighted by Gasteiger charge is -1.99. The predicted molar refractivity (Wildman–Crippen MR) is 72.7 cm³/mol. The van der Waals surface area contributed by atoms with Crippen LogP contribution in [0.3, 0.4) is 0 Å². The molecule has 2 aromatic rings. The summed E-state index contributed by atoms with van der Waals surface area (Å²) in [6.45, 7) is 2.00. The van der Waals surface area contributed by atoms with E-state index in [0.717, 1.165) is 11.1 Å². The average molecular weight is 238 g/mol. The number of carbonyl (C=O) groups is 1. The van der Waals surface area contributed by atoms with Gasteiger partial charge >= 0.3 is 0 Å². The molecular formula is C16H14O2. The topological polar surface area (TPSA) is 37.3 Å². The molecule has 1 N–H and O–H groups in total. The minimum absolute atomic E-state index is 0.0711. The lowest BCUT2D eigenvalue weighted by molar-refractivity contribution is 0.104. The summed E-state index contributed by atoms with van der Waals surface area (Å²) in [5.74, 6) is 0.0905. The highest BCUT2D eigenvalue weighted by Crippen LogP contribution is 2.12. The molecule has 2 aromatic carbocycles. The normalized spacial score (nSPS) is 10.7. The zero-order valence-electron chi connectivity index (χ0n) is 10.1. The Bertz CT molecular complexity index is 580. The lowest BCUT2D eigenvalue weighted by atomic mass is 10.1. The molecule has 0 spiro atoms. The van der Waals surface area contributed by atoms with Crippen molar-refractivity contribution in [2.45, 2.75) is 6.92 Å². The van der Waals surface area contributed by atoms with Crippen LogP contribution < -0.4 is 0 Å². The molecule has 0 aliphatic rings. The second kappa shape index (κ2) is 5.32. The number of allylic oxidation sites excluding steroid dienone is 1. The van der Waals surface area contributed by atoms with Gasteiger partial charge in [0.25, 0.3) is 0 Å². The Kier molecular flexibility index (Phi) is 3.58. The Hall–Kier alpha value is -2.35. The largest absolute Gasteiger partial charge is 0.508 e. The average Bonchev–Trinajstić information content (AvgIpc) is 2.38. The van der Waals surface area contributed by atoms with E-state index in [2.05, 4.69) is 0 Å². The SMILES string of the molecule is Cc1ccccc1C=CC(=O)c1ccc(O)cc1. The van der Waals surface area contributed by atoms with Crippen molar-refractivity contribution in [2.24, 2.45) is 0 Å². The fourth-order valence-electron chi connectivity index (χ4n) is 1.66. The Morgan fingerprint density at radius 1 is 1.06 bits per heavy atom. The van der Waals surface area contributed by atoms with Crippen molar-refractivity contribution in [1.82, 2.24) is 0 Å². The van der Waals surface area contributed by atoms with E-state index in [1.54, 1.807) is 18.2 Å². The van der Waals surface area contributed by atoms with Crippen molar-refractivity contribution in [3.8, 4) is 5.75 Å². The Morgan fingerprint density at radius 3 is 2.39 bits per heavy atom. The molecule has 0 amide bonds. The van der Waals surface area contributed by atoms with Gasteiger partial charge in [0.1, 0.15) is 5.75 Å². The molecule has 2 nitrogen and oxygen atoms in total. The summed E-state index contributed by atoms with van der Waals surface area (Å²) in [5.41, 5.74) is 2.73. The van der Waals surface area contributed by atoms with Crippen LogP contribution >= 0.6 is 0 Å². The van der Waals surface area contributed by atoms with Crippen LogP contribution in [-0.2, 0) is 0 Å². The molecule has 18 heavy (non-hydrogen) atoms. The van der Waals surface area contributed by atoms with Gasteiger partial charge in [0.2, 0.25) is 0 Å². The van der Waals surface area contributed by atoms with Crippen LogP contribution in [0.4, 0.5) is 0 Å². The minimum atomic E-state index is -0.0711. The van der Waals surface area contributed by atoms with Crippen LogP contribution in [0, 0.1) is 6.92 Å². The molecule has 0 saturated carbocycles. The van der Waals surface area contributed by atoms with Crippen LogP contribution in [0.15, 0.2) is 54.6 Å². The number of hydrogen-bond donors (Lipinski definition) is 1. The van der Waals surface area contributed by atoms with Gasteiger partial charge in [-0.3, -0.25) is 4.79 Å². The quantitative estimate of drug-likeness (QED) is 0.655. The maximum atomic E-state index is 11.9. The van der Waals surface area contributed by atoms with Crippen molar-refractivity contribution in [3.05, 3.63) is 71.3 Å². The van der Waals surface area contributed by atoms with Gasteiger partial charge in [-0.25, -0.2) is 0 Å². The molecule has 0 saturated heterocycles. The number of rotatable bonds is 3. The van der Waals surface area contributed by atoms with E-state index in [1.165, 1.54) is 12.1 Å². The summed E-state index contributed by atoms with van der Waals surface area (Å²) in [4.78, 5) is 11.9. The van der Waals surface area contributed by atoms with E-state index in [4.69, 9.17) is 5.11 Å². The van der Waals surface area contributed by atoms with E-state index >= 15 is 0 Å². The summed E-state index contributed by atoms with van der Waals surface area (Å²) in [7, 11) is 0. The number of phenolic OH excluding ortho intramolecular Hbond substituents is 1. The van der Waals surface area contributed by atoms with Crippen molar-refractivity contribution in [1.29, 1.82) is 0 Å². The van der Waals surface area contributed by atoms with E-state index in [0.29, 0.717) is 5.56 Å². The first-order valence-corrected chi connectivity index (χ1v) is 5.74. The fraction of sp³-hybridized carbons (Fsp3) is 0.0625. The molecule has 0 radical (unpaired) electrons. The number of aromatic hydroxyl groups is 1. The van der Waals surface area contributed by atoms with Gasteiger partial charge in [0.05, 0.1) is 0 Å².